The summed E-state index contributed by atoms with van der Waals surface area (Å²) in [7, 11) is 0. The average molecular weight is 268 g/mol. The molecule has 0 spiro atoms. The van der Waals surface area contributed by atoms with Crippen LogP contribution >= 0.6 is 0 Å². The molecule has 1 amide bonds. The van der Waals surface area contributed by atoms with Crippen molar-refractivity contribution in [3.8, 4) is 0 Å². The first-order valence-corrected chi connectivity index (χ1v) is 6.29. The minimum Gasteiger partial charge on any atom is -0.367 e. The monoisotopic (exact) mass is 268 g/mol. The minimum absolute atomic E-state index is 0.156. The summed E-state index contributed by atoms with van der Waals surface area (Å²) in [5, 5.41) is 2.89. The number of aryl methyl sites for hydroxylation is 1. The summed E-state index contributed by atoms with van der Waals surface area (Å²) in [6.45, 7) is 2.22. The molecule has 0 saturated carbocycles. The summed E-state index contributed by atoms with van der Waals surface area (Å²) in [5.74, 6) is -0.726. The van der Waals surface area contributed by atoms with Crippen LogP contribution in [-0.2, 0) is 16.0 Å². The first kappa shape index (κ1) is 13.7. The van der Waals surface area contributed by atoms with Gasteiger partial charge in [-0.3, -0.25) is 4.79 Å². The SMILES string of the molecule is CCc1ncnc(NCC2CCC(C(N)=O)O2)c1F. The predicted molar refractivity (Wildman–Crippen MR) is 66.9 cm³/mol. The second kappa shape index (κ2) is 5.92. The van der Waals surface area contributed by atoms with Crippen molar-refractivity contribution in [3.05, 3.63) is 17.8 Å². The van der Waals surface area contributed by atoms with Crippen LogP contribution in [0.15, 0.2) is 6.33 Å². The third-order valence-corrected chi connectivity index (χ3v) is 3.12. The Morgan fingerprint density at radius 3 is 3.00 bits per heavy atom. The Labute approximate surface area is 110 Å². The van der Waals surface area contributed by atoms with E-state index < -0.39 is 17.8 Å². The van der Waals surface area contributed by atoms with E-state index in [1.54, 1.807) is 0 Å². The van der Waals surface area contributed by atoms with Crippen molar-refractivity contribution in [1.82, 2.24) is 9.97 Å². The molecule has 2 rings (SSSR count). The van der Waals surface area contributed by atoms with Crippen molar-refractivity contribution in [2.45, 2.75) is 38.4 Å². The minimum atomic E-state index is -0.534. The number of nitrogens with one attached hydrogen (secondary N) is 1. The van der Waals surface area contributed by atoms with Crippen LogP contribution in [0.1, 0.15) is 25.5 Å². The van der Waals surface area contributed by atoms with Gasteiger partial charge >= 0.3 is 0 Å². The van der Waals surface area contributed by atoms with Gasteiger partial charge in [-0.05, 0) is 19.3 Å². The summed E-state index contributed by atoms with van der Waals surface area (Å²) in [5.41, 5.74) is 5.54. The van der Waals surface area contributed by atoms with Crippen LogP contribution < -0.4 is 11.1 Å². The third kappa shape index (κ3) is 3.17. The molecule has 0 aliphatic carbocycles. The zero-order valence-corrected chi connectivity index (χ0v) is 10.7. The van der Waals surface area contributed by atoms with Crippen LogP contribution in [0.5, 0.6) is 0 Å². The van der Waals surface area contributed by atoms with Crippen LogP contribution in [0.4, 0.5) is 10.2 Å². The highest BCUT2D eigenvalue weighted by molar-refractivity contribution is 5.79. The number of rotatable bonds is 5. The van der Waals surface area contributed by atoms with E-state index in [2.05, 4.69) is 15.3 Å². The van der Waals surface area contributed by atoms with E-state index in [1.807, 2.05) is 6.92 Å². The molecule has 2 atom stereocenters. The summed E-state index contributed by atoms with van der Waals surface area (Å²) in [4.78, 5) is 18.7. The molecular formula is C12H17FN4O2. The van der Waals surface area contributed by atoms with Crippen LogP contribution in [0.2, 0.25) is 0 Å². The van der Waals surface area contributed by atoms with Gasteiger partial charge in [0, 0.05) is 6.54 Å². The lowest BCUT2D eigenvalue weighted by Gasteiger charge is -2.13. The van der Waals surface area contributed by atoms with Crippen LogP contribution in [0, 0.1) is 5.82 Å². The van der Waals surface area contributed by atoms with Gasteiger partial charge in [-0.1, -0.05) is 6.92 Å². The molecule has 19 heavy (non-hydrogen) atoms. The summed E-state index contributed by atoms with van der Waals surface area (Å²) in [6, 6.07) is 0. The topological polar surface area (TPSA) is 90.1 Å². The molecule has 1 fully saturated rings. The number of amides is 1. The molecule has 6 nitrogen and oxygen atoms in total. The molecule has 2 heterocycles. The quantitative estimate of drug-likeness (QED) is 0.817. The molecule has 1 aliphatic heterocycles. The molecule has 1 aromatic heterocycles. The Morgan fingerprint density at radius 1 is 1.58 bits per heavy atom. The fourth-order valence-electron chi connectivity index (χ4n) is 2.05. The van der Waals surface area contributed by atoms with Gasteiger partial charge in [0.15, 0.2) is 11.6 Å². The highest BCUT2D eigenvalue weighted by Crippen LogP contribution is 2.20. The van der Waals surface area contributed by atoms with E-state index >= 15 is 0 Å². The molecule has 0 aromatic carbocycles. The van der Waals surface area contributed by atoms with Crippen molar-refractivity contribution >= 4 is 11.7 Å². The molecule has 0 radical (unpaired) electrons. The van der Waals surface area contributed by atoms with Crippen LogP contribution in [-0.4, -0.2) is 34.6 Å². The molecule has 2 unspecified atom stereocenters. The van der Waals surface area contributed by atoms with Gasteiger partial charge in [-0.15, -0.1) is 0 Å². The Hall–Kier alpha value is -1.76. The number of aromatic nitrogens is 2. The van der Waals surface area contributed by atoms with Crippen molar-refractivity contribution in [3.63, 3.8) is 0 Å². The van der Waals surface area contributed by atoms with Gasteiger partial charge in [-0.2, -0.15) is 0 Å². The lowest BCUT2D eigenvalue weighted by Crippen LogP contribution is -2.30. The van der Waals surface area contributed by atoms with E-state index in [0.717, 1.165) is 0 Å². The van der Waals surface area contributed by atoms with Crippen molar-refractivity contribution in [1.29, 1.82) is 0 Å². The maximum Gasteiger partial charge on any atom is 0.246 e. The fourth-order valence-corrected chi connectivity index (χ4v) is 2.05. The number of nitrogens with zero attached hydrogens (tertiary/aromatic N) is 2. The summed E-state index contributed by atoms with van der Waals surface area (Å²) in [6.07, 6.45) is 2.46. The average Bonchev–Trinajstić information content (AvgIpc) is 2.86. The van der Waals surface area contributed by atoms with Gasteiger partial charge in [0.05, 0.1) is 11.8 Å². The van der Waals surface area contributed by atoms with E-state index in [0.29, 0.717) is 31.5 Å². The maximum atomic E-state index is 13.8. The number of carbonyl (C=O) groups excluding carboxylic acids is 1. The number of carbonyl (C=O) groups is 1. The zero-order valence-electron chi connectivity index (χ0n) is 10.7. The van der Waals surface area contributed by atoms with Gasteiger partial charge in [-0.25, -0.2) is 14.4 Å². The molecular weight excluding hydrogens is 251 g/mol. The number of hydrogen-bond donors (Lipinski definition) is 2. The smallest absolute Gasteiger partial charge is 0.246 e. The number of ether oxygens (including phenoxy) is 1. The van der Waals surface area contributed by atoms with Crippen molar-refractivity contribution in [2.24, 2.45) is 5.73 Å². The first-order chi connectivity index (χ1) is 9.11. The molecule has 3 N–H and O–H groups in total. The predicted octanol–water partition coefficient (Wildman–Crippen LogP) is 0.623. The van der Waals surface area contributed by atoms with E-state index in [-0.39, 0.29) is 11.9 Å². The molecule has 104 valence electrons. The maximum absolute atomic E-state index is 13.8. The summed E-state index contributed by atoms with van der Waals surface area (Å²) >= 11 is 0. The highest BCUT2D eigenvalue weighted by atomic mass is 19.1. The normalized spacial score (nSPS) is 22.4. The number of hydrogen-bond acceptors (Lipinski definition) is 5. The van der Waals surface area contributed by atoms with E-state index in [1.165, 1.54) is 6.33 Å². The third-order valence-electron chi connectivity index (χ3n) is 3.12. The second-order valence-corrected chi connectivity index (χ2v) is 4.44. The Balaban J connectivity index is 1.91. The number of primary amides is 1. The van der Waals surface area contributed by atoms with Gasteiger partial charge in [0.25, 0.3) is 0 Å². The Kier molecular flexibility index (Phi) is 4.26. The highest BCUT2D eigenvalue weighted by Gasteiger charge is 2.29. The number of nitrogens with two attached hydrogens (primary N) is 1. The van der Waals surface area contributed by atoms with Gasteiger partial charge in [0.2, 0.25) is 5.91 Å². The Bertz CT molecular complexity index is 469. The second-order valence-electron chi connectivity index (χ2n) is 4.44. The number of anilines is 1. The van der Waals surface area contributed by atoms with Gasteiger partial charge < -0.3 is 15.8 Å². The lowest BCUT2D eigenvalue weighted by molar-refractivity contribution is -0.128. The molecule has 7 heteroatoms. The largest absolute Gasteiger partial charge is 0.367 e. The zero-order chi connectivity index (χ0) is 13.8. The molecule has 1 aliphatic rings. The Morgan fingerprint density at radius 2 is 2.37 bits per heavy atom. The molecule has 1 aromatic rings. The van der Waals surface area contributed by atoms with Crippen molar-refractivity contribution < 1.29 is 13.9 Å². The molecule has 1 saturated heterocycles. The van der Waals surface area contributed by atoms with Gasteiger partial charge in [0.1, 0.15) is 12.4 Å². The standard InChI is InChI=1S/C12H17FN4O2/c1-2-8-10(13)12(17-6-16-8)15-5-7-3-4-9(19-7)11(14)18/h6-7,9H,2-5H2,1H3,(H2,14,18)(H,15,16,17). The molecule has 0 bridgehead atoms. The fraction of sp³-hybridized carbons (Fsp3) is 0.583. The van der Waals surface area contributed by atoms with Crippen LogP contribution in [0.25, 0.3) is 0 Å². The first-order valence-electron chi connectivity index (χ1n) is 6.29. The van der Waals surface area contributed by atoms with E-state index in [9.17, 15) is 9.18 Å². The lowest BCUT2D eigenvalue weighted by atomic mass is 10.2. The van der Waals surface area contributed by atoms with Crippen LogP contribution in [0.3, 0.4) is 0 Å². The van der Waals surface area contributed by atoms with Crippen molar-refractivity contribution in [2.75, 3.05) is 11.9 Å². The summed E-state index contributed by atoms with van der Waals surface area (Å²) < 4.78 is 19.3. The van der Waals surface area contributed by atoms with E-state index in [4.69, 9.17) is 10.5 Å². The number of halogens is 1.